The lowest BCUT2D eigenvalue weighted by atomic mass is 10.1. The molecule has 0 heterocycles. The highest BCUT2D eigenvalue weighted by molar-refractivity contribution is 9.10. The van der Waals surface area contributed by atoms with E-state index in [1.807, 2.05) is 32.0 Å². The van der Waals surface area contributed by atoms with Gasteiger partial charge in [0, 0.05) is 16.7 Å². The van der Waals surface area contributed by atoms with Crippen LogP contribution in [-0.4, -0.2) is 0 Å². The van der Waals surface area contributed by atoms with Gasteiger partial charge >= 0.3 is 0 Å². The van der Waals surface area contributed by atoms with Crippen LogP contribution in [0.4, 0.5) is 10.1 Å². The lowest BCUT2D eigenvalue weighted by Gasteiger charge is -2.12. The Morgan fingerprint density at radius 3 is 2.67 bits per heavy atom. The Hall–Kier alpha value is -1.35. The van der Waals surface area contributed by atoms with E-state index in [2.05, 4.69) is 21.2 Å². The van der Waals surface area contributed by atoms with Gasteiger partial charge in [-0.05, 0) is 64.7 Å². The fraction of sp³-hybridized carbons (Fsp3) is 0.200. The van der Waals surface area contributed by atoms with Crippen molar-refractivity contribution < 1.29 is 4.39 Å². The molecule has 0 aliphatic carbocycles. The van der Waals surface area contributed by atoms with E-state index >= 15 is 0 Å². The van der Waals surface area contributed by atoms with Gasteiger partial charge in [0.25, 0.3) is 0 Å². The molecular weight excluding hydrogens is 293 g/mol. The highest BCUT2D eigenvalue weighted by atomic mass is 79.9. The zero-order chi connectivity index (χ0) is 13.1. The maximum absolute atomic E-state index is 13.2. The predicted molar refractivity (Wildman–Crippen MR) is 77.3 cm³/mol. The number of hydrogen-bond donors (Lipinski definition) is 1. The van der Waals surface area contributed by atoms with Gasteiger partial charge in [-0.2, -0.15) is 0 Å². The first kappa shape index (κ1) is 13.1. The van der Waals surface area contributed by atoms with Crippen LogP contribution in [0.3, 0.4) is 0 Å². The molecule has 0 fully saturated rings. The predicted octanol–water partition coefficient (Wildman–Crippen LogP) is 4.82. The molecule has 0 saturated carbocycles. The third-order valence-corrected chi connectivity index (χ3v) is 4.02. The van der Waals surface area contributed by atoms with Crippen LogP contribution < -0.4 is 5.32 Å². The summed E-state index contributed by atoms with van der Waals surface area (Å²) in [6.45, 7) is 4.65. The standard InChI is InChI=1S/C15H15BrFN/c1-10-6-7-13(17)8-12(10)9-18-14-5-3-4-11(2)15(14)16/h3-8,18H,9H2,1-2H3. The second-order valence-corrected chi connectivity index (χ2v) is 5.15. The fourth-order valence-electron chi connectivity index (χ4n) is 1.80. The average Bonchev–Trinajstić information content (AvgIpc) is 2.35. The molecule has 2 aromatic rings. The first-order chi connectivity index (χ1) is 8.58. The lowest BCUT2D eigenvalue weighted by molar-refractivity contribution is 0.625. The molecule has 2 aromatic carbocycles. The molecule has 0 amide bonds. The molecule has 0 aliphatic heterocycles. The largest absolute Gasteiger partial charge is 0.380 e. The second kappa shape index (κ2) is 5.53. The van der Waals surface area contributed by atoms with Gasteiger partial charge in [-0.1, -0.05) is 18.2 Å². The normalized spacial score (nSPS) is 10.4. The summed E-state index contributed by atoms with van der Waals surface area (Å²) in [5, 5.41) is 3.32. The summed E-state index contributed by atoms with van der Waals surface area (Å²) in [6.07, 6.45) is 0. The first-order valence-corrected chi connectivity index (χ1v) is 6.61. The SMILES string of the molecule is Cc1ccc(F)cc1CNc1cccc(C)c1Br. The molecule has 0 bridgehead atoms. The highest BCUT2D eigenvalue weighted by Gasteiger charge is 2.04. The van der Waals surface area contributed by atoms with Crippen molar-refractivity contribution in [1.29, 1.82) is 0 Å². The third kappa shape index (κ3) is 2.91. The topological polar surface area (TPSA) is 12.0 Å². The van der Waals surface area contributed by atoms with E-state index in [1.165, 1.54) is 11.6 Å². The second-order valence-electron chi connectivity index (χ2n) is 4.36. The number of halogens is 2. The van der Waals surface area contributed by atoms with Crippen molar-refractivity contribution in [2.24, 2.45) is 0 Å². The molecule has 18 heavy (non-hydrogen) atoms. The van der Waals surface area contributed by atoms with Crippen molar-refractivity contribution in [2.75, 3.05) is 5.32 Å². The Balaban J connectivity index is 2.16. The Bertz CT molecular complexity index is 564. The Morgan fingerprint density at radius 2 is 1.89 bits per heavy atom. The van der Waals surface area contributed by atoms with Crippen LogP contribution >= 0.6 is 15.9 Å². The lowest BCUT2D eigenvalue weighted by Crippen LogP contribution is -2.02. The molecule has 1 nitrogen and oxygen atoms in total. The summed E-state index contributed by atoms with van der Waals surface area (Å²) in [5.74, 6) is -0.194. The number of rotatable bonds is 3. The van der Waals surface area contributed by atoms with Crippen molar-refractivity contribution in [2.45, 2.75) is 20.4 Å². The number of aryl methyl sites for hydroxylation is 2. The third-order valence-electron chi connectivity index (χ3n) is 2.97. The van der Waals surface area contributed by atoms with E-state index in [0.29, 0.717) is 6.54 Å². The Labute approximate surface area is 115 Å². The van der Waals surface area contributed by atoms with E-state index < -0.39 is 0 Å². The van der Waals surface area contributed by atoms with Crippen LogP contribution in [0.2, 0.25) is 0 Å². The molecule has 0 radical (unpaired) electrons. The minimum absolute atomic E-state index is 0.194. The van der Waals surface area contributed by atoms with Crippen molar-refractivity contribution in [3.8, 4) is 0 Å². The summed E-state index contributed by atoms with van der Waals surface area (Å²) in [4.78, 5) is 0. The molecule has 0 aliphatic rings. The van der Waals surface area contributed by atoms with Crippen LogP contribution in [0.1, 0.15) is 16.7 Å². The molecule has 0 atom stereocenters. The summed E-state index contributed by atoms with van der Waals surface area (Å²) in [6, 6.07) is 10.9. The zero-order valence-corrected chi connectivity index (χ0v) is 12.0. The molecule has 0 aromatic heterocycles. The smallest absolute Gasteiger partial charge is 0.123 e. The van der Waals surface area contributed by atoms with Crippen molar-refractivity contribution in [3.05, 3.63) is 63.4 Å². The molecule has 0 spiro atoms. The molecule has 0 saturated heterocycles. The number of hydrogen-bond acceptors (Lipinski definition) is 1. The zero-order valence-electron chi connectivity index (χ0n) is 10.4. The summed E-state index contributed by atoms with van der Waals surface area (Å²) in [5.41, 5.74) is 4.27. The van der Waals surface area contributed by atoms with Gasteiger partial charge in [0.2, 0.25) is 0 Å². The Morgan fingerprint density at radius 1 is 1.11 bits per heavy atom. The maximum Gasteiger partial charge on any atom is 0.123 e. The Kier molecular flexibility index (Phi) is 4.02. The summed E-state index contributed by atoms with van der Waals surface area (Å²) < 4.78 is 14.2. The van der Waals surface area contributed by atoms with Gasteiger partial charge in [0.15, 0.2) is 0 Å². The van der Waals surface area contributed by atoms with Gasteiger partial charge in [-0.25, -0.2) is 4.39 Å². The summed E-state index contributed by atoms with van der Waals surface area (Å²) in [7, 11) is 0. The van der Waals surface area contributed by atoms with Gasteiger partial charge in [-0.3, -0.25) is 0 Å². The molecule has 94 valence electrons. The van der Waals surface area contributed by atoms with Crippen LogP contribution in [0.15, 0.2) is 40.9 Å². The van der Waals surface area contributed by atoms with Crippen LogP contribution in [0.25, 0.3) is 0 Å². The van der Waals surface area contributed by atoms with Crippen molar-refractivity contribution in [3.63, 3.8) is 0 Å². The minimum atomic E-state index is -0.194. The quantitative estimate of drug-likeness (QED) is 0.857. The molecule has 2 rings (SSSR count). The van der Waals surface area contributed by atoms with E-state index in [1.54, 1.807) is 12.1 Å². The van der Waals surface area contributed by atoms with E-state index in [0.717, 1.165) is 21.3 Å². The average molecular weight is 308 g/mol. The van der Waals surface area contributed by atoms with Crippen molar-refractivity contribution >= 4 is 21.6 Å². The number of benzene rings is 2. The van der Waals surface area contributed by atoms with E-state index in [-0.39, 0.29) is 5.82 Å². The fourth-order valence-corrected chi connectivity index (χ4v) is 2.21. The minimum Gasteiger partial charge on any atom is -0.380 e. The molecule has 3 heteroatoms. The maximum atomic E-state index is 13.2. The monoisotopic (exact) mass is 307 g/mol. The van der Waals surface area contributed by atoms with Crippen molar-refractivity contribution in [1.82, 2.24) is 0 Å². The van der Waals surface area contributed by atoms with Crippen LogP contribution in [-0.2, 0) is 6.54 Å². The highest BCUT2D eigenvalue weighted by Crippen LogP contribution is 2.26. The molecular formula is C15H15BrFN. The molecule has 1 N–H and O–H groups in total. The van der Waals surface area contributed by atoms with E-state index in [4.69, 9.17) is 0 Å². The molecule has 0 unspecified atom stereocenters. The van der Waals surface area contributed by atoms with E-state index in [9.17, 15) is 4.39 Å². The number of nitrogens with one attached hydrogen (secondary N) is 1. The van der Waals surface area contributed by atoms with Gasteiger partial charge < -0.3 is 5.32 Å². The first-order valence-electron chi connectivity index (χ1n) is 5.82. The van der Waals surface area contributed by atoms with Crippen LogP contribution in [0, 0.1) is 19.7 Å². The van der Waals surface area contributed by atoms with Crippen LogP contribution in [0.5, 0.6) is 0 Å². The number of anilines is 1. The van der Waals surface area contributed by atoms with Gasteiger partial charge in [-0.15, -0.1) is 0 Å². The van der Waals surface area contributed by atoms with Gasteiger partial charge in [0.1, 0.15) is 5.82 Å². The van der Waals surface area contributed by atoms with Gasteiger partial charge in [0.05, 0.1) is 0 Å². The summed E-state index contributed by atoms with van der Waals surface area (Å²) >= 11 is 3.55.